The molecular weight excluding hydrogens is 214 g/mol. The van der Waals surface area contributed by atoms with Gasteiger partial charge in [-0.05, 0) is 19.3 Å². The van der Waals surface area contributed by atoms with Gasteiger partial charge < -0.3 is 5.41 Å². The normalized spacial score (nSPS) is 20.6. The second-order valence-electron chi connectivity index (χ2n) is 4.94. The van der Waals surface area contributed by atoms with E-state index in [4.69, 9.17) is 5.41 Å². The van der Waals surface area contributed by atoms with Crippen molar-refractivity contribution in [3.63, 3.8) is 0 Å². The highest BCUT2D eigenvalue weighted by Gasteiger charge is 2.11. The third-order valence-corrected chi connectivity index (χ3v) is 4.93. The fraction of sp³-hybridized carbons (Fsp3) is 0.929. The second-order valence-corrected chi connectivity index (χ2v) is 6.23. The van der Waals surface area contributed by atoms with E-state index < -0.39 is 0 Å². The number of hydrogen-bond donors (Lipinski definition) is 1. The van der Waals surface area contributed by atoms with Gasteiger partial charge in [0.2, 0.25) is 0 Å². The molecule has 0 aromatic rings. The number of nitrogens with one attached hydrogen (secondary N) is 1. The van der Waals surface area contributed by atoms with Crippen LogP contribution in [0.2, 0.25) is 0 Å². The summed E-state index contributed by atoms with van der Waals surface area (Å²) in [7, 11) is 0. The quantitative estimate of drug-likeness (QED) is 0.685. The summed E-state index contributed by atoms with van der Waals surface area (Å²) in [5.74, 6) is 0.973. The van der Waals surface area contributed by atoms with Crippen molar-refractivity contribution >= 4 is 17.5 Å². The fourth-order valence-electron chi connectivity index (χ4n) is 2.26. The zero-order valence-corrected chi connectivity index (χ0v) is 11.6. The first-order valence-corrected chi connectivity index (χ1v) is 8.05. The van der Waals surface area contributed by atoms with Crippen molar-refractivity contribution in [3.8, 4) is 0 Å². The molecule has 1 fully saturated rings. The maximum Gasteiger partial charge on any atom is 0.0314 e. The van der Waals surface area contributed by atoms with Crippen LogP contribution in [0.25, 0.3) is 0 Å². The van der Waals surface area contributed by atoms with Crippen LogP contribution in [0.4, 0.5) is 0 Å². The molecule has 0 radical (unpaired) electrons. The molecule has 1 rings (SSSR count). The summed E-state index contributed by atoms with van der Waals surface area (Å²) in [6, 6.07) is 0. The molecule has 1 saturated carbocycles. The van der Waals surface area contributed by atoms with Crippen molar-refractivity contribution in [1.82, 2.24) is 0 Å². The van der Waals surface area contributed by atoms with Crippen LogP contribution in [0.5, 0.6) is 0 Å². The van der Waals surface area contributed by atoms with E-state index in [1.165, 1.54) is 57.8 Å². The predicted molar refractivity (Wildman–Crippen MR) is 75.8 cm³/mol. The molecule has 0 unspecified atom stereocenters. The standard InChI is InChI=1S/C14H27NS/c1-2-13(15)12-16-14-10-8-6-4-3-5-7-9-11-14/h14-15H,2-12H2,1H3. The Morgan fingerprint density at radius 3 is 2.00 bits per heavy atom. The number of rotatable bonds is 4. The smallest absolute Gasteiger partial charge is 0.0314 e. The van der Waals surface area contributed by atoms with Gasteiger partial charge in [0.25, 0.3) is 0 Å². The third-order valence-electron chi connectivity index (χ3n) is 3.47. The molecule has 1 nitrogen and oxygen atoms in total. The van der Waals surface area contributed by atoms with Crippen molar-refractivity contribution in [2.45, 2.75) is 76.4 Å². The molecule has 0 aromatic carbocycles. The second kappa shape index (κ2) is 9.09. The zero-order valence-electron chi connectivity index (χ0n) is 10.8. The van der Waals surface area contributed by atoms with Crippen molar-refractivity contribution in [2.75, 3.05) is 5.75 Å². The van der Waals surface area contributed by atoms with Crippen LogP contribution in [-0.4, -0.2) is 16.7 Å². The topological polar surface area (TPSA) is 23.9 Å². The molecule has 1 aliphatic carbocycles. The van der Waals surface area contributed by atoms with E-state index >= 15 is 0 Å². The third kappa shape index (κ3) is 6.57. The minimum atomic E-state index is 0.838. The summed E-state index contributed by atoms with van der Waals surface area (Å²) in [4.78, 5) is 0. The van der Waals surface area contributed by atoms with Gasteiger partial charge in [0.1, 0.15) is 0 Å². The van der Waals surface area contributed by atoms with Crippen molar-refractivity contribution in [1.29, 1.82) is 5.41 Å². The van der Waals surface area contributed by atoms with Crippen molar-refractivity contribution in [2.24, 2.45) is 0 Å². The molecule has 0 heterocycles. The predicted octanol–water partition coefficient (Wildman–Crippen LogP) is 5.04. The van der Waals surface area contributed by atoms with Gasteiger partial charge in [0.15, 0.2) is 0 Å². The summed E-state index contributed by atoms with van der Waals surface area (Å²) in [5, 5.41) is 8.55. The molecule has 0 aliphatic heterocycles. The Labute approximate surface area is 105 Å². The first-order chi connectivity index (χ1) is 7.83. The largest absolute Gasteiger partial charge is 0.309 e. The van der Waals surface area contributed by atoms with Gasteiger partial charge in [-0.25, -0.2) is 0 Å². The minimum Gasteiger partial charge on any atom is -0.309 e. The van der Waals surface area contributed by atoms with Gasteiger partial charge in [-0.15, -0.1) is 0 Å². The van der Waals surface area contributed by atoms with E-state index in [1.54, 1.807) is 0 Å². The van der Waals surface area contributed by atoms with Gasteiger partial charge >= 0.3 is 0 Å². The Balaban J connectivity index is 2.22. The Morgan fingerprint density at radius 2 is 1.50 bits per heavy atom. The van der Waals surface area contributed by atoms with Crippen molar-refractivity contribution in [3.05, 3.63) is 0 Å². The van der Waals surface area contributed by atoms with Gasteiger partial charge in [-0.2, -0.15) is 11.8 Å². The maximum atomic E-state index is 7.71. The SMILES string of the molecule is CCC(=N)CSC1CCCCCCCCC1. The molecule has 0 aromatic heterocycles. The van der Waals surface area contributed by atoms with Crippen LogP contribution in [0.1, 0.15) is 71.1 Å². The van der Waals surface area contributed by atoms with Gasteiger partial charge in [-0.3, -0.25) is 0 Å². The fourth-order valence-corrected chi connectivity index (χ4v) is 3.57. The van der Waals surface area contributed by atoms with E-state index in [9.17, 15) is 0 Å². The summed E-state index contributed by atoms with van der Waals surface area (Å²) in [6.45, 7) is 2.09. The Kier molecular flexibility index (Phi) is 8.00. The minimum absolute atomic E-state index is 0.838. The van der Waals surface area contributed by atoms with E-state index in [0.717, 1.165) is 23.1 Å². The molecule has 1 N–H and O–H groups in total. The van der Waals surface area contributed by atoms with Gasteiger partial charge in [-0.1, -0.05) is 51.9 Å². The lowest BCUT2D eigenvalue weighted by atomic mass is 10.0. The molecule has 94 valence electrons. The highest BCUT2D eigenvalue weighted by atomic mass is 32.2. The molecule has 16 heavy (non-hydrogen) atoms. The molecule has 0 spiro atoms. The Morgan fingerprint density at radius 1 is 1.00 bits per heavy atom. The van der Waals surface area contributed by atoms with E-state index in [-0.39, 0.29) is 0 Å². The number of thioether (sulfide) groups is 1. The molecule has 0 saturated heterocycles. The highest BCUT2D eigenvalue weighted by molar-refractivity contribution is 8.00. The van der Waals surface area contributed by atoms with E-state index in [2.05, 4.69) is 6.92 Å². The van der Waals surface area contributed by atoms with Crippen LogP contribution in [0.15, 0.2) is 0 Å². The van der Waals surface area contributed by atoms with Crippen LogP contribution in [-0.2, 0) is 0 Å². The summed E-state index contributed by atoms with van der Waals surface area (Å²) in [6.07, 6.45) is 13.8. The maximum absolute atomic E-state index is 7.71. The highest BCUT2D eigenvalue weighted by Crippen LogP contribution is 2.26. The lowest BCUT2D eigenvalue weighted by Gasteiger charge is -2.18. The zero-order chi connectivity index (χ0) is 11.6. The Hall–Kier alpha value is 0.0200. The first-order valence-electron chi connectivity index (χ1n) is 7.01. The first kappa shape index (κ1) is 14.1. The lowest BCUT2D eigenvalue weighted by Crippen LogP contribution is -2.08. The van der Waals surface area contributed by atoms with Crippen molar-refractivity contribution < 1.29 is 0 Å². The molecule has 0 bridgehead atoms. The average Bonchev–Trinajstić information content (AvgIpc) is 2.33. The summed E-state index contributed by atoms with van der Waals surface area (Å²) in [5.41, 5.74) is 0.919. The molecular formula is C14H27NS. The summed E-state index contributed by atoms with van der Waals surface area (Å²) >= 11 is 2.04. The molecule has 0 amide bonds. The Bertz CT molecular complexity index is 181. The van der Waals surface area contributed by atoms with Crippen LogP contribution in [0.3, 0.4) is 0 Å². The number of hydrogen-bond acceptors (Lipinski definition) is 2. The molecule has 0 atom stereocenters. The van der Waals surface area contributed by atoms with E-state index in [0.29, 0.717) is 0 Å². The van der Waals surface area contributed by atoms with Gasteiger partial charge in [0.05, 0.1) is 0 Å². The van der Waals surface area contributed by atoms with Gasteiger partial charge in [0, 0.05) is 16.7 Å². The van der Waals surface area contributed by atoms with Crippen LogP contribution >= 0.6 is 11.8 Å². The van der Waals surface area contributed by atoms with E-state index in [1.807, 2.05) is 11.8 Å². The summed E-state index contributed by atoms with van der Waals surface area (Å²) < 4.78 is 0. The monoisotopic (exact) mass is 241 g/mol. The van der Waals surface area contributed by atoms with Crippen LogP contribution in [0, 0.1) is 5.41 Å². The lowest BCUT2D eigenvalue weighted by molar-refractivity contribution is 0.511. The molecule has 1 aliphatic rings. The molecule has 2 heteroatoms. The van der Waals surface area contributed by atoms with Crippen LogP contribution < -0.4 is 0 Å². The average molecular weight is 241 g/mol.